The molecular formula is C20H19ClFN3O4S. The Hall–Kier alpha value is -2.65. The summed E-state index contributed by atoms with van der Waals surface area (Å²) in [6.45, 7) is 2.47. The maximum atomic E-state index is 13.9. The van der Waals surface area contributed by atoms with Crippen molar-refractivity contribution in [2.45, 2.75) is 25.8 Å². The Balaban J connectivity index is 1.86. The van der Waals surface area contributed by atoms with E-state index in [-0.39, 0.29) is 29.0 Å². The number of halogens is 2. The number of benzene rings is 1. The van der Waals surface area contributed by atoms with E-state index in [1.807, 2.05) is 6.92 Å². The van der Waals surface area contributed by atoms with Crippen molar-refractivity contribution in [2.75, 3.05) is 13.7 Å². The lowest BCUT2D eigenvalue weighted by molar-refractivity contribution is -0.121. The van der Waals surface area contributed by atoms with Gasteiger partial charge in [0.1, 0.15) is 4.70 Å². The van der Waals surface area contributed by atoms with Crippen molar-refractivity contribution < 1.29 is 13.9 Å². The van der Waals surface area contributed by atoms with E-state index >= 15 is 0 Å². The molecule has 1 amide bonds. The summed E-state index contributed by atoms with van der Waals surface area (Å²) in [5, 5.41) is 2.96. The minimum absolute atomic E-state index is 0.0243. The number of ether oxygens (including phenoxy) is 1. The van der Waals surface area contributed by atoms with E-state index in [0.29, 0.717) is 33.6 Å². The lowest BCUT2D eigenvalue weighted by Crippen LogP contribution is -2.38. The van der Waals surface area contributed by atoms with Crippen LogP contribution < -0.4 is 21.3 Å². The number of thiophene rings is 1. The van der Waals surface area contributed by atoms with E-state index in [4.69, 9.17) is 16.3 Å². The van der Waals surface area contributed by atoms with Crippen molar-refractivity contribution >= 4 is 39.1 Å². The van der Waals surface area contributed by atoms with Crippen LogP contribution in [0.2, 0.25) is 5.02 Å². The van der Waals surface area contributed by atoms with Crippen LogP contribution in [-0.4, -0.2) is 29.1 Å². The van der Waals surface area contributed by atoms with Crippen LogP contribution in [0.5, 0.6) is 5.75 Å². The fourth-order valence-electron chi connectivity index (χ4n) is 3.76. The van der Waals surface area contributed by atoms with Crippen LogP contribution in [0.25, 0.3) is 20.7 Å². The molecule has 0 aliphatic carbocycles. The summed E-state index contributed by atoms with van der Waals surface area (Å²) in [5.74, 6) is -0.624. The lowest BCUT2D eigenvalue weighted by atomic mass is 10.0. The van der Waals surface area contributed by atoms with E-state index in [1.165, 1.54) is 13.2 Å². The molecule has 30 heavy (non-hydrogen) atoms. The zero-order valence-electron chi connectivity index (χ0n) is 16.3. The molecule has 10 heteroatoms. The Morgan fingerprint density at radius 1 is 1.27 bits per heavy atom. The predicted octanol–water partition coefficient (Wildman–Crippen LogP) is 3.31. The van der Waals surface area contributed by atoms with E-state index in [2.05, 4.69) is 10.3 Å². The van der Waals surface area contributed by atoms with Gasteiger partial charge < -0.3 is 15.0 Å². The van der Waals surface area contributed by atoms with Crippen LogP contribution in [0.3, 0.4) is 0 Å². The molecule has 158 valence electrons. The fraction of sp³-hybridized carbons (Fsp3) is 0.350. The van der Waals surface area contributed by atoms with Crippen molar-refractivity contribution in [3.05, 3.63) is 49.9 Å². The first-order valence-electron chi connectivity index (χ1n) is 9.37. The highest BCUT2D eigenvalue weighted by molar-refractivity contribution is 7.22. The highest BCUT2D eigenvalue weighted by Crippen LogP contribution is 2.38. The number of amides is 1. The van der Waals surface area contributed by atoms with Gasteiger partial charge in [-0.25, -0.2) is 9.18 Å². The van der Waals surface area contributed by atoms with Gasteiger partial charge in [-0.05, 0) is 30.5 Å². The Kier molecular flexibility index (Phi) is 5.42. The van der Waals surface area contributed by atoms with Crippen LogP contribution in [0.1, 0.15) is 25.8 Å². The van der Waals surface area contributed by atoms with Gasteiger partial charge in [0.25, 0.3) is 5.56 Å². The summed E-state index contributed by atoms with van der Waals surface area (Å²) in [6, 6.07) is 3.71. The topological polar surface area (TPSA) is 93.2 Å². The van der Waals surface area contributed by atoms with E-state index in [1.54, 1.807) is 6.07 Å². The lowest BCUT2D eigenvalue weighted by Gasteiger charge is -2.17. The third-order valence-electron chi connectivity index (χ3n) is 5.22. The first-order chi connectivity index (χ1) is 14.3. The van der Waals surface area contributed by atoms with Gasteiger partial charge in [0.15, 0.2) is 11.6 Å². The number of carbonyl (C=O) groups is 1. The average Bonchev–Trinajstić information content (AvgIpc) is 3.02. The number of hydrogen-bond donors (Lipinski definition) is 2. The van der Waals surface area contributed by atoms with Crippen molar-refractivity contribution in [2.24, 2.45) is 5.92 Å². The summed E-state index contributed by atoms with van der Waals surface area (Å²) in [4.78, 5) is 41.2. The van der Waals surface area contributed by atoms with Crippen LogP contribution in [0.15, 0.2) is 27.8 Å². The minimum atomic E-state index is -0.594. The molecule has 3 heterocycles. The summed E-state index contributed by atoms with van der Waals surface area (Å²) in [6.07, 6.45) is 0.602. The molecule has 7 nitrogen and oxygen atoms in total. The van der Waals surface area contributed by atoms with Crippen LogP contribution >= 0.6 is 22.9 Å². The van der Waals surface area contributed by atoms with Crippen LogP contribution in [0, 0.1) is 11.7 Å². The SMILES string of the molecule is COc1cc(-c2cc3[nH]c(=O)n([C@@H]4CC(=O)NC[C@H](C)C4)c(=O)c3s2)c(Cl)cc1F. The quantitative estimate of drug-likeness (QED) is 0.639. The molecular weight excluding hydrogens is 433 g/mol. The summed E-state index contributed by atoms with van der Waals surface area (Å²) < 4.78 is 20.4. The second-order valence-electron chi connectivity index (χ2n) is 7.43. The molecule has 0 saturated carbocycles. The molecule has 2 atom stereocenters. The molecule has 4 rings (SSSR count). The first kappa shape index (κ1) is 20.6. The van der Waals surface area contributed by atoms with Crippen molar-refractivity contribution in [1.82, 2.24) is 14.9 Å². The molecule has 1 aliphatic rings. The molecule has 2 aromatic heterocycles. The van der Waals surface area contributed by atoms with Gasteiger partial charge in [-0.1, -0.05) is 18.5 Å². The number of carbonyl (C=O) groups excluding carboxylic acids is 1. The second kappa shape index (κ2) is 7.88. The van der Waals surface area contributed by atoms with Gasteiger partial charge in [0.2, 0.25) is 5.91 Å². The number of hydrogen-bond acceptors (Lipinski definition) is 5. The van der Waals surface area contributed by atoms with Gasteiger partial charge in [-0.3, -0.25) is 14.2 Å². The Bertz CT molecular complexity index is 1270. The van der Waals surface area contributed by atoms with Crippen molar-refractivity contribution in [3.63, 3.8) is 0 Å². The summed E-state index contributed by atoms with van der Waals surface area (Å²) >= 11 is 7.35. The molecule has 0 bridgehead atoms. The molecule has 1 aromatic carbocycles. The maximum Gasteiger partial charge on any atom is 0.329 e. The number of fused-ring (bicyclic) bond motifs is 1. The normalized spacial score (nSPS) is 19.5. The zero-order chi connectivity index (χ0) is 21.6. The van der Waals surface area contributed by atoms with E-state index in [0.717, 1.165) is 22.0 Å². The average molecular weight is 452 g/mol. The van der Waals surface area contributed by atoms with E-state index < -0.39 is 23.1 Å². The Morgan fingerprint density at radius 2 is 2.03 bits per heavy atom. The van der Waals surface area contributed by atoms with Gasteiger partial charge in [-0.2, -0.15) is 0 Å². The number of H-pyrrole nitrogens is 1. The number of aromatic amines is 1. The highest BCUT2D eigenvalue weighted by atomic mass is 35.5. The van der Waals surface area contributed by atoms with Gasteiger partial charge in [0, 0.05) is 23.4 Å². The summed E-state index contributed by atoms with van der Waals surface area (Å²) in [7, 11) is 1.35. The summed E-state index contributed by atoms with van der Waals surface area (Å²) in [5.41, 5.74) is -0.161. The van der Waals surface area contributed by atoms with Gasteiger partial charge >= 0.3 is 5.69 Å². The maximum absolute atomic E-state index is 13.9. The molecule has 1 fully saturated rings. The molecule has 0 unspecified atom stereocenters. The number of nitrogens with one attached hydrogen (secondary N) is 2. The smallest absolute Gasteiger partial charge is 0.329 e. The number of rotatable bonds is 3. The Labute approximate surface area is 179 Å². The standard InChI is InChI=1S/C20H19ClFN3O4S/c1-9-3-10(4-17(26)23-8-9)25-19(27)18-14(24-20(25)28)7-16(30-18)11-5-15(29-2)13(22)6-12(11)21/h5-7,9-10H,3-4,8H2,1-2H3,(H,23,26)(H,24,28)/t9-,10+/m1/s1. The molecule has 3 aromatic rings. The monoisotopic (exact) mass is 451 g/mol. The number of aromatic nitrogens is 2. The highest BCUT2D eigenvalue weighted by Gasteiger charge is 2.27. The van der Waals surface area contributed by atoms with E-state index in [9.17, 15) is 18.8 Å². The Morgan fingerprint density at radius 3 is 2.77 bits per heavy atom. The first-order valence-corrected chi connectivity index (χ1v) is 10.6. The van der Waals surface area contributed by atoms with Crippen molar-refractivity contribution in [1.29, 1.82) is 0 Å². The fourth-order valence-corrected chi connectivity index (χ4v) is 5.15. The third-order valence-corrected chi connectivity index (χ3v) is 6.69. The minimum Gasteiger partial charge on any atom is -0.494 e. The van der Waals surface area contributed by atoms with Crippen LogP contribution in [0.4, 0.5) is 4.39 Å². The predicted molar refractivity (Wildman–Crippen MR) is 114 cm³/mol. The molecule has 0 spiro atoms. The number of methoxy groups -OCH3 is 1. The number of nitrogens with zero attached hydrogens (tertiary/aromatic N) is 1. The molecule has 0 radical (unpaired) electrons. The van der Waals surface area contributed by atoms with Crippen LogP contribution in [-0.2, 0) is 4.79 Å². The van der Waals surface area contributed by atoms with Crippen molar-refractivity contribution in [3.8, 4) is 16.2 Å². The molecule has 1 aliphatic heterocycles. The third kappa shape index (κ3) is 3.63. The zero-order valence-corrected chi connectivity index (χ0v) is 17.8. The molecule has 2 N–H and O–H groups in total. The largest absolute Gasteiger partial charge is 0.494 e. The molecule has 1 saturated heterocycles. The van der Waals surface area contributed by atoms with Gasteiger partial charge in [-0.15, -0.1) is 11.3 Å². The van der Waals surface area contributed by atoms with Gasteiger partial charge in [0.05, 0.1) is 23.7 Å². The second-order valence-corrected chi connectivity index (χ2v) is 8.89.